The zero-order chi connectivity index (χ0) is 20.7. The molecule has 0 saturated carbocycles. The van der Waals surface area contributed by atoms with Crippen molar-refractivity contribution in [2.45, 2.75) is 6.04 Å². The van der Waals surface area contributed by atoms with Crippen molar-refractivity contribution < 1.29 is 14.0 Å². The van der Waals surface area contributed by atoms with Gasteiger partial charge in [0.1, 0.15) is 5.58 Å². The van der Waals surface area contributed by atoms with E-state index in [1.807, 2.05) is 40.1 Å². The highest BCUT2D eigenvalue weighted by Crippen LogP contribution is 2.25. The van der Waals surface area contributed by atoms with Crippen LogP contribution in [0.1, 0.15) is 20.9 Å². The fourth-order valence-corrected chi connectivity index (χ4v) is 4.36. The molecule has 2 aromatic carbocycles. The van der Waals surface area contributed by atoms with E-state index >= 15 is 0 Å². The topological polar surface area (TPSA) is 57.0 Å². The van der Waals surface area contributed by atoms with Gasteiger partial charge in [-0.2, -0.15) is 0 Å². The number of carbonyl (C=O) groups excluding carboxylic acids is 2. The predicted molar refractivity (Wildman–Crippen MR) is 115 cm³/mol. The monoisotopic (exact) mass is 423 g/mol. The highest BCUT2D eigenvalue weighted by atomic mass is 35.5. The minimum atomic E-state index is -0.0866. The van der Waals surface area contributed by atoms with E-state index in [1.54, 1.807) is 24.3 Å². The average Bonchev–Trinajstić information content (AvgIpc) is 3.16. The van der Waals surface area contributed by atoms with Crippen LogP contribution in [-0.4, -0.2) is 71.8 Å². The lowest BCUT2D eigenvalue weighted by Gasteiger charge is -2.48. The van der Waals surface area contributed by atoms with Crippen molar-refractivity contribution in [3.05, 3.63) is 70.9 Å². The van der Waals surface area contributed by atoms with Gasteiger partial charge in [-0.05, 0) is 36.4 Å². The predicted octanol–water partition coefficient (Wildman–Crippen LogP) is 3.37. The number of benzene rings is 2. The van der Waals surface area contributed by atoms with E-state index in [-0.39, 0.29) is 11.8 Å². The first-order chi connectivity index (χ1) is 14.6. The molecule has 154 valence electrons. The van der Waals surface area contributed by atoms with Crippen molar-refractivity contribution in [3.8, 4) is 0 Å². The zero-order valence-corrected chi connectivity index (χ0v) is 17.2. The van der Waals surface area contributed by atoms with Gasteiger partial charge in [0, 0.05) is 61.3 Å². The van der Waals surface area contributed by atoms with Crippen LogP contribution >= 0.6 is 11.6 Å². The van der Waals surface area contributed by atoms with Gasteiger partial charge >= 0.3 is 0 Å². The molecule has 0 N–H and O–H groups in total. The third-order valence-corrected chi connectivity index (χ3v) is 6.21. The molecule has 7 heteroatoms. The van der Waals surface area contributed by atoms with Crippen LogP contribution in [0.2, 0.25) is 5.02 Å². The number of furan rings is 1. The molecule has 0 unspecified atom stereocenters. The van der Waals surface area contributed by atoms with Crippen molar-refractivity contribution in [1.29, 1.82) is 0 Å². The Morgan fingerprint density at radius 3 is 2.33 bits per heavy atom. The molecule has 0 radical (unpaired) electrons. The lowest BCUT2D eigenvalue weighted by Crippen LogP contribution is -2.64. The van der Waals surface area contributed by atoms with Gasteiger partial charge in [0.05, 0.1) is 0 Å². The molecule has 0 spiro atoms. The van der Waals surface area contributed by atoms with Crippen LogP contribution < -0.4 is 0 Å². The average molecular weight is 424 g/mol. The van der Waals surface area contributed by atoms with Gasteiger partial charge in [-0.3, -0.25) is 14.5 Å². The number of nitrogens with zero attached hydrogens (tertiary/aromatic N) is 3. The van der Waals surface area contributed by atoms with Gasteiger partial charge in [-0.25, -0.2) is 0 Å². The number of likely N-dealkylation sites (tertiary alicyclic amines) is 1. The summed E-state index contributed by atoms with van der Waals surface area (Å²) in [6.45, 7) is 4.39. The van der Waals surface area contributed by atoms with Gasteiger partial charge in [0.2, 0.25) is 0 Å². The molecule has 0 atom stereocenters. The number of fused-ring (bicyclic) bond motifs is 1. The van der Waals surface area contributed by atoms with Crippen LogP contribution in [0, 0.1) is 0 Å². The molecule has 2 amide bonds. The van der Waals surface area contributed by atoms with Crippen molar-refractivity contribution in [1.82, 2.24) is 14.7 Å². The van der Waals surface area contributed by atoms with E-state index in [4.69, 9.17) is 16.0 Å². The summed E-state index contributed by atoms with van der Waals surface area (Å²) in [6, 6.07) is 16.9. The van der Waals surface area contributed by atoms with Gasteiger partial charge in [-0.15, -0.1) is 0 Å². The maximum absolute atomic E-state index is 12.8. The summed E-state index contributed by atoms with van der Waals surface area (Å²) >= 11 is 6.02. The number of piperazine rings is 1. The maximum atomic E-state index is 12.8. The first-order valence-corrected chi connectivity index (χ1v) is 10.5. The number of carbonyl (C=O) groups is 2. The molecule has 1 aromatic heterocycles. The highest BCUT2D eigenvalue weighted by molar-refractivity contribution is 6.31. The minimum Gasteiger partial charge on any atom is -0.451 e. The molecule has 30 heavy (non-hydrogen) atoms. The second-order valence-electron chi connectivity index (χ2n) is 7.85. The first kappa shape index (κ1) is 19.2. The van der Waals surface area contributed by atoms with Gasteiger partial charge < -0.3 is 14.2 Å². The minimum absolute atomic E-state index is 0.0866. The van der Waals surface area contributed by atoms with Crippen molar-refractivity contribution in [2.24, 2.45) is 0 Å². The summed E-state index contributed by atoms with van der Waals surface area (Å²) in [7, 11) is 0. The second kappa shape index (κ2) is 7.78. The summed E-state index contributed by atoms with van der Waals surface area (Å²) in [6.07, 6.45) is 0. The molecule has 2 fully saturated rings. The van der Waals surface area contributed by atoms with Crippen molar-refractivity contribution in [3.63, 3.8) is 0 Å². The molecule has 2 aliphatic heterocycles. The summed E-state index contributed by atoms with van der Waals surface area (Å²) in [5, 5.41) is 1.46. The Labute approximate surface area is 179 Å². The summed E-state index contributed by atoms with van der Waals surface area (Å²) in [4.78, 5) is 31.4. The third-order valence-electron chi connectivity index (χ3n) is 5.98. The number of amides is 2. The van der Waals surface area contributed by atoms with Crippen LogP contribution in [0.3, 0.4) is 0 Å². The summed E-state index contributed by atoms with van der Waals surface area (Å²) in [5.41, 5.74) is 1.40. The molecular formula is C23H22ClN3O3. The van der Waals surface area contributed by atoms with E-state index in [1.165, 1.54) is 0 Å². The van der Waals surface area contributed by atoms with Crippen molar-refractivity contribution in [2.75, 3.05) is 39.3 Å². The Kier molecular flexibility index (Phi) is 4.97. The SMILES string of the molecule is O=C(c1ccccc1)N1CC(N2CCN(C(=O)c3cc4cc(Cl)ccc4o3)CC2)C1. The van der Waals surface area contributed by atoms with Crippen LogP contribution in [-0.2, 0) is 0 Å². The summed E-state index contributed by atoms with van der Waals surface area (Å²) < 4.78 is 5.72. The molecule has 0 bridgehead atoms. The number of halogens is 1. The first-order valence-electron chi connectivity index (χ1n) is 10.2. The molecule has 3 heterocycles. The Balaban J connectivity index is 1.15. The standard InChI is InChI=1S/C23H22ClN3O3/c24-18-6-7-20-17(12-18)13-21(30-20)23(29)26-10-8-25(9-11-26)19-14-27(15-19)22(28)16-4-2-1-3-5-16/h1-7,12-13,19H,8-11,14-15H2. The normalized spacial score (nSPS) is 17.9. The van der Waals surface area contributed by atoms with Crippen LogP contribution in [0.25, 0.3) is 11.0 Å². The Morgan fingerprint density at radius 1 is 0.867 bits per heavy atom. The van der Waals surface area contributed by atoms with E-state index in [2.05, 4.69) is 4.90 Å². The van der Waals surface area contributed by atoms with Gasteiger partial charge in [0.25, 0.3) is 11.8 Å². The fourth-order valence-electron chi connectivity index (χ4n) is 4.18. The molecule has 0 aliphatic carbocycles. The Bertz CT molecular complexity index is 1080. The quantitative estimate of drug-likeness (QED) is 0.648. The highest BCUT2D eigenvalue weighted by Gasteiger charge is 2.37. The van der Waals surface area contributed by atoms with Crippen LogP contribution in [0.15, 0.2) is 59.0 Å². The molecular weight excluding hydrogens is 402 g/mol. The summed E-state index contributed by atoms with van der Waals surface area (Å²) in [5.74, 6) is 0.353. The van der Waals surface area contributed by atoms with Gasteiger partial charge in [0.15, 0.2) is 5.76 Å². The van der Waals surface area contributed by atoms with Gasteiger partial charge in [-0.1, -0.05) is 29.8 Å². The maximum Gasteiger partial charge on any atom is 0.289 e. The van der Waals surface area contributed by atoms with Crippen LogP contribution in [0.5, 0.6) is 0 Å². The largest absolute Gasteiger partial charge is 0.451 e. The molecule has 2 saturated heterocycles. The lowest BCUT2D eigenvalue weighted by molar-refractivity contribution is 0.00799. The molecule has 5 rings (SSSR count). The Hall–Kier alpha value is -2.83. The van der Waals surface area contributed by atoms with E-state index in [0.29, 0.717) is 35.5 Å². The smallest absolute Gasteiger partial charge is 0.289 e. The number of rotatable bonds is 3. The molecule has 6 nitrogen and oxygen atoms in total. The zero-order valence-electron chi connectivity index (χ0n) is 16.5. The lowest BCUT2D eigenvalue weighted by atomic mass is 10.0. The number of hydrogen-bond acceptors (Lipinski definition) is 4. The fraction of sp³-hybridized carbons (Fsp3) is 0.304. The molecule has 3 aromatic rings. The van der Waals surface area contributed by atoms with Crippen molar-refractivity contribution >= 4 is 34.4 Å². The Morgan fingerprint density at radius 2 is 1.60 bits per heavy atom. The second-order valence-corrected chi connectivity index (χ2v) is 8.29. The van der Waals surface area contributed by atoms with E-state index in [0.717, 1.165) is 37.1 Å². The van der Waals surface area contributed by atoms with E-state index < -0.39 is 0 Å². The van der Waals surface area contributed by atoms with Crippen LogP contribution in [0.4, 0.5) is 0 Å². The molecule has 2 aliphatic rings. The number of hydrogen-bond donors (Lipinski definition) is 0. The van der Waals surface area contributed by atoms with E-state index in [9.17, 15) is 9.59 Å². The third kappa shape index (κ3) is 3.57.